The van der Waals surface area contributed by atoms with Gasteiger partial charge in [0.2, 0.25) is 5.91 Å². The molecule has 2 aliphatic rings. The molecule has 0 aliphatic carbocycles. The number of amides is 1. The predicted octanol–water partition coefficient (Wildman–Crippen LogP) is 1.20. The highest BCUT2D eigenvalue weighted by molar-refractivity contribution is 5.76. The number of likely N-dealkylation sites (tertiary alicyclic amines) is 1. The monoisotopic (exact) mass is 307 g/mol. The average Bonchev–Trinajstić information content (AvgIpc) is 3.20. The Kier molecular flexibility index (Phi) is 4.78. The van der Waals surface area contributed by atoms with Crippen LogP contribution in [0, 0.1) is 13.8 Å². The number of ether oxygens (including phenoxy) is 1. The molecule has 0 unspecified atom stereocenters. The van der Waals surface area contributed by atoms with Gasteiger partial charge in [0.1, 0.15) is 5.76 Å². The minimum absolute atomic E-state index is 0.0831. The van der Waals surface area contributed by atoms with Crippen molar-refractivity contribution in [1.29, 1.82) is 0 Å². The third-order valence-corrected chi connectivity index (χ3v) is 4.79. The lowest BCUT2D eigenvalue weighted by Gasteiger charge is -2.27. The summed E-state index contributed by atoms with van der Waals surface area (Å²) < 4.78 is 10.7. The van der Waals surface area contributed by atoms with Crippen LogP contribution >= 0.6 is 0 Å². The van der Waals surface area contributed by atoms with Gasteiger partial charge in [-0.25, -0.2) is 0 Å². The van der Waals surface area contributed by atoms with Crippen LogP contribution in [0.1, 0.15) is 36.3 Å². The lowest BCUT2D eigenvalue weighted by Crippen LogP contribution is -2.50. The molecule has 3 heterocycles. The van der Waals surface area contributed by atoms with Crippen molar-refractivity contribution in [2.45, 2.75) is 51.6 Å². The standard InChI is InChI=1S/C16H25N3O3/c1-11-13(12(2)22-18-11)5-6-16(20)17-14-9-21-10-15(14)19-7-3-4-8-19/h14-15H,3-10H2,1-2H3,(H,17,20)/t14-,15-/m0/s1. The highest BCUT2D eigenvalue weighted by Gasteiger charge is 2.35. The van der Waals surface area contributed by atoms with Crippen LogP contribution in [0.15, 0.2) is 4.52 Å². The summed E-state index contributed by atoms with van der Waals surface area (Å²) in [4.78, 5) is 14.7. The summed E-state index contributed by atoms with van der Waals surface area (Å²) >= 11 is 0. The number of carbonyl (C=O) groups excluding carboxylic acids is 1. The Morgan fingerprint density at radius 1 is 1.32 bits per heavy atom. The molecule has 0 aromatic carbocycles. The molecular weight excluding hydrogens is 282 g/mol. The van der Waals surface area contributed by atoms with Crippen LogP contribution in [0.3, 0.4) is 0 Å². The fraction of sp³-hybridized carbons (Fsp3) is 0.750. The molecule has 3 rings (SSSR count). The fourth-order valence-electron chi connectivity index (χ4n) is 3.49. The topological polar surface area (TPSA) is 67.6 Å². The third kappa shape index (κ3) is 3.33. The van der Waals surface area contributed by atoms with E-state index in [1.54, 1.807) is 0 Å². The van der Waals surface area contributed by atoms with Gasteiger partial charge in [0, 0.05) is 12.0 Å². The quantitative estimate of drug-likeness (QED) is 0.885. The van der Waals surface area contributed by atoms with Gasteiger partial charge in [0.25, 0.3) is 0 Å². The average molecular weight is 307 g/mol. The number of aromatic nitrogens is 1. The molecule has 1 aromatic heterocycles. The van der Waals surface area contributed by atoms with Crippen LogP contribution in [-0.2, 0) is 16.0 Å². The van der Waals surface area contributed by atoms with Gasteiger partial charge in [-0.1, -0.05) is 5.16 Å². The first-order chi connectivity index (χ1) is 10.6. The van der Waals surface area contributed by atoms with E-state index in [0.717, 1.165) is 36.7 Å². The van der Waals surface area contributed by atoms with Gasteiger partial charge in [-0.2, -0.15) is 0 Å². The van der Waals surface area contributed by atoms with Gasteiger partial charge >= 0.3 is 0 Å². The lowest BCUT2D eigenvalue weighted by atomic mass is 10.1. The van der Waals surface area contributed by atoms with Crippen LogP contribution in [0.5, 0.6) is 0 Å². The van der Waals surface area contributed by atoms with E-state index in [9.17, 15) is 4.79 Å². The van der Waals surface area contributed by atoms with Crippen LogP contribution in [0.4, 0.5) is 0 Å². The van der Waals surface area contributed by atoms with Gasteiger partial charge in [-0.3, -0.25) is 9.69 Å². The van der Waals surface area contributed by atoms with Gasteiger partial charge in [-0.15, -0.1) is 0 Å². The number of rotatable bonds is 5. The highest BCUT2D eigenvalue weighted by Crippen LogP contribution is 2.19. The molecule has 0 spiro atoms. The Hall–Kier alpha value is -1.40. The maximum absolute atomic E-state index is 12.2. The van der Waals surface area contributed by atoms with Crippen molar-refractivity contribution in [1.82, 2.24) is 15.4 Å². The summed E-state index contributed by atoms with van der Waals surface area (Å²) in [6.07, 6.45) is 3.65. The fourth-order valence-corrected chi connectivity index (χ4v) is 3.49. The molecule has 0 radical (unpaired) electrons. The predicted molar refractivity (Wildman–Crippen MR) is 81.6 cm³/mol. The molecule has 1 N–H and O–H groups in total. The van der Waals surface area contributed by atoms with E-state index in [4.69, 9.17) is 9.26 Å². The number of hydrogen-bond donors (Lipinski definition) is 1. The van der Waals surface area contributed by atoms with Crippen molar-refractivity contribution in [3.8, 4) is 0 Å². The highest BCUT2D eigenvalue weighted by atomic mass is 16.5. The molecule has 2 fully saturated rings. The van der Waals surface area contributed by atoms with Crippen molar-refractivity contribution < 1.29 is 14.1 Å². The van der Waals surface area contributed by atoms with Crippen LogP contribution in [-0.4, -0.2) is 54.4 Å². The molecule has 0 bridgehead atoms. The van der Waals surface area contributed by atoms with Gasteiger partial charge in [0.05, 0.1) is 31.0 Å². The lowest BCUT2D eigenvalue weighted by molar-refractivity contribution is -0.122. The number of carbonyl (C=O) groups is 1. The third-order valence-electron chi connectivity index (χ3n) is 4.79. The zero-order chi connectivity index (χ0) is 15.5. The van der Waals surface area contributed by atoms with Crippen molar-refractivity contribution in [2.75, 3.05) is 26.3 Å². The number of hydrogen-bond acceptors (Lipinski definition) is 5. The Bertz CT molecular complexity index is 503. The summed E-state index contributed by atoms with van der Waals surface area (Å²) in [6.45, 7) is 7.41. The second kappa shape index (κ2) is 6.79. The van der Waals surface area contributed by atoms with Crippen LogP contribution in [0.25, 0.3) is 0 Å². The van der Waals surface area contributed by atoms with E-state index < -0.39 is 0 Å². The summed E-state index contributed by atoms with van der Waals surface area (Å²) in [5.74, 6) is 0.893. The molecule has 2 aliphatic heterocycles. The zero-order valence-electron chi connectivity index (χ0n) is 13.4. The Labute approximate surface area is 131 Å². The molecule has 1 aromatic rings. The molecule has 122 valence electrons. The van der Waals surface area contributed by atoms with E-state index in [0.29, 0.717) is 25.5 Å². The number of nitrogens with zero attached hydrogens (tertiary/aromatic N) is 2. The summed E-state index contributed by atoms with van der Waals surface area (Å²) in [7, 11) is 0. The largest absolute Gasteiger partial charge is 0.378 e. The summed E-state index contributed by atoms with van der Waals surface area (Å²) in [5.41, 5.74) is 1.93. The van der Waals surface area contributed by atoms with E-state index >= 15 is 0 Å². The molecule has 6 nitrogen and oxygen atoms in total. The maximum Gasteiger partial charge on any atom is 0.220 e. The van der Waals surface area contributed by atoms with Crippen LogP contribution < -0.4 is 5.32 Å². The first-order valence-electron chi connectivity index (χ1n) is 8.18. The van der Waals surface area contributed by atoms with E-state index in [2.05, 4.69) is 15.4 Å². The second-order valence-electron chi connectivity index (χ2n) is 6.32. The van der Waals surface area contributed by atoms with Gasteiger partial charge in [-0.05, 0) is 46.2 Å². The molecular formula is C16H25N3O3. The molecule has 22 heavy (non-hydrogen) atoms. The minimum Gasteiger partial charge on any atom is -0.378 e. The Morgan fingerprint density at radius 3 is 2.77 bits per heavy atom. The van der Waals surface area contributed by atoms with Crippen molar-refractivity contribution >= 4 is 5.91 Å². The summed E-state index contributed by atoms with van der Waals surface area (Å²) in [6, 6.07) is 0.459. The van der Waals surface area contributed by atoms with Crippen molar-refractivity contribution in [3.05, 3.63) is 17.0 Å². The number of nitrogens with one attached hydrogen (secondary N) is 1. The molecule has 2 saturated heterocycles. The normalized spacial score (nSPS) is 25.7. The summed E-state index contributed by atoms with van der Waals surface area (Å²) in [5, 5.41) is 7.08. The van der Waals surface area contributed by atoms with E-state index in [1.807, 2.05) is 13.8 Å². The molecule has 2 atom stereocenters. The minimum atomic E-state index is 0.0831. The molecule has 1 amide bonds. The first-order valence-corrected chi connectivity index (χ1v) is 8.18. The van der Waals surface area contributed by atoms with Crippen molar-refractivity contribution in [2.24, 2.45) is 0 Å². The van der Waals surface area contributed by atoms with Gasteiger partial charge in [0.15, 0.2) is 0 Å². The molecule has 6 heteroatoms. The van der Waals surface area contributed by atoms with E-state index in [1.165, 1.54) is 12.8 Å². The maximum atomic E-state index is 12.2. The molecule has 0 saturated carbocycles. The van der Waals surface area contributed by atoms with Gasteiger partial charge < -0.3 is 14.6 Å². The smallest absolute Gasteiger partial charge is 0.220 e. The number of aryl methyl sites for hydroxylation is 2. The first kappa shape index (κ1) is 15.5. The van der Waals surface area contributed by atoms with Crippen molar-refractivity contribution in [3.63, 3.8) is 0 Å². The van der Waals surface area contributed by atoms with Crippen LogP contribution in [0.2, 0.25) is 0 Å². The van der Waals surface area contributed by atoms with E-state index in [-0.39, 0.29) is 11.9 Å². The Morgan fingerprint density at radius 2 is 2.09 bits per heavy atom. The SMILES string of the molecule is Cc1noc(C)c1CCC(=O)N[C@H]1COC[C@@H]1N1CCCC1. The zero-order valence-corrected chi connectivity index (χ0v) is 13.4. The Balaban J connectivity index is 1.50. The second-order valence-corrected chi connectivity index (χ2v) is 6.32.